The van der Waals surface area contributed by atoms with Crippen LogP contribution < -0.4 is 0 Å². The Balaban J connectivity index is 1.80. The summed E-state index contributed by atoms with van der Waals surface area (Å²) in [5.41, 5.74) is 9.87. The van der Waals surface area contributed by atoms with Crippen LogP contribution in [0.2, 0.25) is 18.1 Å². The first-order valence-electron chi connectivity index (χ1n) is 9.51. The summed E-state index contributed by atoms with van der Waals surface area (Å²) in [6.45, 7) is 10.8. The molecule has 3 rings (SSSR count). The first kappa shape index (κ1) is 21.3. The van der Waals surface area contributed by atoms with Crippen molar-refractivity contribution in [1.29, 1.82) is 0 Å². The van der Waals surface area contributed by atoms with Gasteiger partial charge >= 0.3 is 0 Å². The van der Waals surface area contributed by atoms with Crippen LogP contribution in [-0.4, -0.2) is 50.7 Å². The van der Waals surface area contributed by atoms with Crippen molar-refractivity contribution in [3.8, 4) is 0 Å². The van der Waals surface area contributed by atoms with Crippen molar-refractivity contribution in [2.45, 2.75) is 75.8 Å². The molecule has 6 atom stereocenters. The van der Waals surface area contributed by atoms with Crippen molar-refractivity contribution in [2.24, 2.45) is 5.11 Å². The van der Waals surface area contributed by atoms with Gasteiger partial charge in [-0.05, 0) is 23.7 Å². The van der Waals surface area contributed by atoms with Gasteiger partial charge in [-0.25, -0.2) is 0 Å². The predicted octanol–water partition coefficient (Wildman–Crippen LogP) is 3.89. The van der Waals surface area contributed by atoms with E-state index in [0.29, 0.717) is 0 Å². The van der Waals surface area contributed by atoms with Crippen LogP contribution in [0, 0.1) is 0 Å². The van der Waals surface area contributed by atoms with Gasteiger partial charge in [-0.3, -0.25) is 0 Å². The molecule has 2 aliphatic heterocycles. The van der Waals surface area contributed by atoms with E-state index >= 15 is 0 Å². The topological polar surface area (TPSA) is 106 Å². The van der Waals surface area contributed by atoms with Gasteiger partial charge in [0.25, 0.3) is 0 Å². The van der Waals surface area contributed by atoms with E-state index in [1.54, 1.807) is 0 Å². The number of ether oxygens (including phenoxy) is 3. The SMILES string of the molecule is CC(C)(C)[Si](C)(C)O[C@@H]1O[C@@H]2COC(c3ccccc3)O[C@@H]2[C@H](O)[C@H]1N=[N+]=[N-]. The van der Waals surface area contributed by atoms with Crippen molar-refractivity contribution in [2.75, 3.05) is 6.61 Å². The second-order valence-corrected chi connectivity index (χ2v) is 13.5. The minimum absolute atomic E-state index is 0.0585. The summed E-state index contributed by atoms with van der Waals surface area (Å²) < 4.78 is 24.2. The molecule has 28 heavy (non-hydrogen) atoms. The van der Waals surface area contributed by atoms with E-state index < -0.39 is 45.3 Å². The number of benzene rings is 1. The molecule has 0 amide bonds. The van der Waals surface area contributed by atoms with E-state index in [-0.39, 0.29) is 11.6 Å². The smallest absolute Gasteiger partial charge is 0.195 e. The molecule has 0 radical (unpaired) electrons. The second-order valence-electron chi connectivity index (χ2n) is 8.78. The summed E-state index contributed by atoms with van der Waals surface area (Å²) in [4.78, 5) is 2.90. The molecule has 1 N–H and O–H groups in total. The lowest BCUT2D eigenvalue weighted by Crippen LogP contribution is -2.63. The van der Waals surface area contributed by atoms with E-state index in [2.05, 4.69) is 43.9 Å². The summed E-state index contributed by atoms with van der Waals surface area (Å²) in [6, 6.07) is 8.61. The largest absolute Gasteiger partial charge is 0.392 e. The number of rotatable bonds is 4. The number of hydrogen-bond acceptors (Lipinski definition) is 6. The molecule has 2 saturated heterocycles. The van der Waals surface area contributed by atoms with Gasteiger partial charge in [-0.1, -0.05) is 56.2 Å². The molecule has 8 nitrogen and oxygen atoms in total. The van der Waals surface area contributed by atoms with Crippen LogP contribution in [0.15, 0.2) is 35.4 Å². The minimum Gasteiger partial charge on any atom is -0.392 e. The van der Waals surface area contributed by atoms with Crippen molar-refractivity contribution in [1.82, 2.24) is 0 Å². The zero-order chi connectivity index (χ0) is 20.5. The van der Waals surface area contributed by atoms with Gasteiger partial charge < -0.3 is 23.7 Å². The summed E-state index contributed by atoms with van der Waals surface area (Å²) >= 11 is 0. The molecule has 0 bridgehead atoms. The number of nitrogens with zero attached hydrogens (tertiary/aromatic N) is 3. The molecule has 154 valence electrons. The molecule has 1 aromatic carbocycles. The van der Waals surface area contributed by atoms with Gasteiger partial charge in [0.15, 0.2) is 20.9 Å². The third-order valence-corrected chi connectivity index (χ3v) is 10.2. The second kappa shape index (κ2) is 8.12. The highest BCUT2D eigenvalue weighted by molar-refractivity contribution is 6.74. The molecule has 1 aromatic rings. The highest BCUT2D eigenvalue weighted by Crippen LogP contribution is 2.41. The van der Waals surface area contributed by atoms with E-state index in [9.17, 15) is 5.11 Å². The average Bonchev–Trinajstić information content (AvgIpc) is 2.64. The zero-order valence-electron chi connectivity index (χ0n) is 17.0. The summed E-state index contributed by atoms with van der Waals surface area (Å²) in [6.07, 6.45) is -3.68. The number of aliphatic hydroxyl groups is 1. The lowest BCUT2D eigenvalue weighted by atomic mass is 9.96. The van der Waals surface area contributed by atoms with Gasteiger partial charge in [-0.2, -0.15) is 0 Å². The Bertz CT molecular complexity index is 720. The Morgan fingerprint density at radius 1 is 1.21 bits per heavy atom. The fraction of sp³-hybridized carbons (Fsp3) is 0.684. The van der Waals surface area contributed by atoms with Crippen molar-refractivity contribution >= 4 is 8.32 Å². The Morgan fingerprint density at radius 3 is 2.50 bits per heavy atom. The zero-order valence-corrected chi connectivity index (χ0v) is 18.0. The lowest BCUT2D eigenvalue weighted by molar-refractivity contribution is -0.333. The molecule has 0 aliphatic carbocycles. The van der Waals surface area contributed by atoms with E-state index in [1.165, 1.54) is 0 Å². The molecular weight excluding hydrogens is 378 g/mol. The number of azide groups is 1. The molecule has 2 aliphatic rings. The number of hydrogen-bond donors (Lipinski definition) is 1. The molecule has 0 spiro atoms. The normalized spacial score (nSPS) is 33.6. The lowest BCUT2D eigenvalue weighted by Gasteiger charge is -2.49. The average molecular weight is 408 g/mol. The summed E-state index contributed by atoms with van der Waals surface area (Å²) in [5, 5.41) is 14.7. The maximum atomic E-state index is 10.9. The Labute approximate surface area is 166 Å². The third-order valence-electron chi connectivity index (χ3n) is 5.81. The first-order valence-corrected chi connectivity index (χ1v) is 12.4. The fourth-order valence-electron chi connectivity index (χ4n) is 3.10. The van der Waals surface area contributed by atoms with Crippen molar-refractivity contribution in [3.63, 3.8) is 0 Å². The van der Waals surface area contributed by atoms with E-state index in [4.69, 9.17) is 24.2 Å². The maximum Gasteiger partial charge on any atom is 0.195 e. The maximum absolute atomic E-state index is 10.9. The molecule has 0 saturated carbocycles. The van der Waals surface area contributed by atoms with E-state index in [0.717, 1.165) is 5.56 Å². The Kier molecular flexibility index (Phi) is 6.16. The standard InChI is InChI=1S/C19H29N3O5Si/c1-19(2,3)28(4,5)27-18-14(21-22-20)15(23)16-13(25-18)11-24-17(26-16)12-9-7-6-8-10-12/h6-10,13-18,23H,11H2,1-5H3/t13-,14-,15-,16+,17?,18+/m1/s1. The molecule has 0 aromatic heterocycles. The molecule has 1 unspecified atom stereocenters. The van der Waals surface area contributed by atoms with Crippen LogP contribution in [0.4, 0.5) is 0 Å². The van der Waals surface area contributed by atoms with Gasteiger partial charge in [0.2, 0.25) is 0 Å². The quantitative estimate of drug-likeness (QED) is 0.353. The molecule has 2 fully saturated rings. The number of aliphatic hydroxyl groups excluding tert-OH is 1. The van der Waals surface area contributed by atoms with Crippen molar-refractivity contribution in [3.05, 3.63) is 46.3 Å². The van der Waals surface area contributed by atoms with Crippen LogP contribution in [-0.2, 0) is 18.6 Å². The van der Waals surface area contributed by atoms with E-state index in [1.807, 2.05) is 30.3 Å². The molecule has 2 heterocycles. The van der Waals surface area contributed by atoms with Gasteiger partial charge in [0, 0.05) is 10.5 Å². The first-order chi connectivity index (χ1) is 13.1. The van der Waals surface area contributed by atoms with Gasteiger partial charge in [-0.15, -0.1) is 0 Å². The van der Waals surface area contributed by atoms with Crippen molar-refractivity contribution < 1.29 is 23.7 Å². The fourth-order valence-corrected chi connectivity index (χ4v) is 4.23. The summed E-state index contributed by atoms with van der Waals surface area (Å²) in [7, 11) is -2.22. The van der Waals surface area contributed by atoms with Crippen LogP contribution in [0.25, 0.3) is 10.4 Å². The van der Waals surface area contributed by atoms with Crippen LogP contribution in [0.1, 0.15) is 32.6 Å². The monoisotopic (exact) mass is 407 g/mol. The highest BCUT2D eigenvalue weighted by atomic mass is 28.4. The van der Waals surface area contributed by atoms with Crippen LogP contribution >= 0.6 is 0 Å². The van der Waals surface area contributed by atoms with Gasteiger partial charge in [0.1, 0.15) is 18.2 Å². The number of fused-ring (bicyclic) bond motifs is 1. The Hall–Kier alpha value is -1.45. The highest BCUT2D eigenvalue weighted by Gasteiger charge is 2.52. The predicted molar refractivity (Wildman–Crippen MR) is 106 cm³/mol. The third kappa shape index (κ3) is 4.26. The molecule has 9 heteroatoms. The minimum atomic E-state index is -2.22. The van der Waals surface area contributed by atoms with Gasteiger partial charge in [0.05, 0.1) is 12.7 Å². The summed E-state index contributed by atoms with van der Waals surface area (Å²) in [5.74, 6) is 0. The Morgan fingerprint density at radius 2 is 1.89 bits per heavy atom. The van der Waals surface area contributed by atoms with Crippen LogP contribution in [0.5, 0.6) is 0 Å². The molecular formula is C19H29N3O5Si. The van der Waals surface area contributed by atoms with Crippen LogP contribution in [0.3, 0.4) is 0 Å².